The van der Waals surface area contributed by atoms with Crippen LogP contribution in [0.4, 0.5) is 5.82 Å². The largest absolute Gasteiger partial charge is 0.365 e. The zero-order valence-electron chi connectivity index (χ0n) is 17.2. The van der Waals surface area contributed by atoms with Gasteiger partial charge in [-0.2, -0.15) is 5.26 Å². The summed E-state index contributed by atoms with van der Waals surface area (Å²) in [7, 11) is 0. The molecule has 0 radical (unpaired) electrons. The summed E-state index contributed by atoms with van der Waals surface area (Å²) >= 11 is 0. The van der Waals surface area contributed by atoms with Gasteiger partial charge in [-0.25, -0.2) is 15.1 Å². The van der Waals surface area contributed by atoms with Crippen LogP contribution in [-0.2, 0) is 13.0 Å². The Morgan fingerprint density at radius 1 is 1.10 bits per heavy atom. The fourth-order valence-corrected chi connectivity index (χ4v) is 3.32. The Morgan fingerprint density at radius 2 is 1.97 bits per heavy atom. The first-order chi connectivity index (χ1) is 15.3. The van der Waals surface area contributed by atoms with E-state index < -0.39 is 0 Å². The topological polar surface area (TPSA) is 116 Å². The summed E-state index contributed by atoms with van der Waals surface area (Å²) in [5.74, 6) is 1.90. The Balaban J connectivity index is 1.62. The fraction of sp³-hybridized carbons (Fsp3) is 0.217. The third-order valence-electron chi connectivity index (χ3n) is 4.94. The van der Waals surface area contributed by atoms with Gasteiger partial charge in [-0.1, -0.05) is 55.8 Å². The van der Waals surface area contributed by atoms with E-state index in [2.05, 4.69) is 67.1 Å². The molecule has 0 unspecified atom stereocenters. The second-order valence-corrected chi connectivity index (χ2v) is 7.11. The normalized spacial score (nSPS) is 10.6. The maximum Gasteiger partial charge on any atom is 0.180 e. The van der Waals surface area contributed by atoms with Crippen molar-refractivity contribution in [2.75, 3.05) is 5.32 Å². The Morgan fingerprint density at radius 3 is 2.71 bits per heavy atom. The third-order valence-corrected chi connectivity index (χ3v) is 4.94. The van der Waals surface area contributed by atoms with E-state index in [0.29, 0.717) is 23.8 Å². The molecule has 0 atom stereocenters. The van der Waals surface area contributed by atoms with E-state index in [-0.39, 0.29) is 0 Å². The molecule has 0 saturated carbocycles. The number of aryl methyl sites for hydroxylation is 1. The average Bonchev–Trinajstić information content (AvgIpc) is 3.37. The second kappa shape index (κ2) is 9.59. The van der Waals surface area contributed by atoms with Crippen LogP contribution >= 0.6 is 0 Å². The summed E-state index contributed by atoms with van der Waals surface area (Å²) in [6.07, 6.45) is 4.47. The number of benzene rings is 2. The van der Waals surface area contributed by atoms with Gasteiger partial charge in [0.2, 0.25) is 0 Å². The number of anilines is 1. The maximum atomic E-state index is 9.42. The Bertz CT molecular complexity index is 1180. The predicted molar refractivity (Wildman–Crippen MR) is 118 cm³/mol. The van der Waals surface area contributed by atoms with Gasteiger partial charge in [0.15, 0.2) is 5.82 Å². The molecule has 0 aliphatic carbocycles. The van der Waals surface area contributed by atoms with Crippen LogP contribution < -0.4 is 5.32 Å². The summed E-state index contributed by atoms with van der Waals surface area (Å²) in [6, 6.07) is 18.4. The number of nitriles is 1. The second-order valence-electron chi connectivity index (χ2n) is 7.11. The van der Waals surface area contributed by atoms with Crippen molar-refractivity contribution in [2.24, 2.45) is 0 Å². The number of tetrazole rings is 1. The Labute approximate surface area is 180 Å². The van der Waals surface area contributed by atoms with Gasteiger partial charge in [0.05, 0.1) is 6.20 Å². The van der Waals surface area contributed by atoms with Gasteiger partial charge >= 0.3 is 0 Å². The molecule has 0 spiro atoms. The van der Waals surface area contributed by atoms with Gasteiger partial charge in [0.1, 0.15) is 23.3 Å². The number of aromatic amines is 1. The van der Waals surface area contributed by atoms with Crippen molar-refractivity contribution in [1.29, 1.82) is 5.26 Å². The summed E-state index contributed by atoms with van der Waals surface area (Å²) < 4.78 is 0. The van der Waals surface area contributed by atoms with Crippen LogP contribution in [0.1, 0.15) is 36.7 Å². The minimum atomic E-state index is 0.431. The lowest BCUT2D eigenvalue weighted by molar-refractivity contribution is 0.751. The number of H-pyrrole nitrogens is 1. The predicted octanol–water partition coefficient (Wildman–Crippen LogP) is 4.15. The molecule has 4 rings (SSSR count). The molecule has 0 aliphatic rings. The van der Waals surface area contributed by atoms with Crippen LogP contribution in [0.2, 0.25) is 0 Å². The number of aromatic nitrogens is 6. The summed E-state index contributed by atoms with van der Waals surface area (Å²) in [5.41, 5.74) is 4.47. The van der Waals surface area contributed by atoms with E-state index in [0.717, 1.165) is 47.3 Å². The van der Waals surface area contributed by atoms with Gasteiger partial charge in [0, 0.05) is 18.5 Å². The first-order valence-electron chi connectivity index (χ1n) is 10.2. The summed E-state index contributed by atoms with van der Waals surface area (Å²) in [6.45, 7) is 2.63. The molecule has 154 valence electrons. The van der Waals surface area contributed by atoms with Crippen molar-refractivity contribution in [1.82, 2.24) is 30.6 Å². The molecule has 0 aliphatic heterocycles. The molecular weight excluding hydrogens is 388 g/mol. The van der Waals surface area contributed by atoms with Crippen molar-refractivity contribution in [3.63, 3.8) is 0 Å². The SMILES string of the molecule is CCCCc1ncc(C#N)c(NCc2ccc(-c3ccccc3)c(-c3nnn[nH]3)c2)n1. The molecule has 0 fully saturated rings. The van der Waals surface area contributed by atoms with Crippen LogP contribution in [0, 0.1) is 11.3 Å². The molecule has 4 aromatic rings. The number of hydrogen-bond donors (Lipinski definition) is 2. The van der Waals surface area contributed by atoms with E-state index in [9.17, 15) is 5.26 Å². The summed E-state index contributed by atoms with van der Waals surface area (Å²) in [5, 5.41) is 27.1. The molecule has 2 aromatic heterocycles. The molecule has 2 aromatic carbocycles. The average molecular weight is 410 g/mol. The van der Waals surface area contributed by atoms with E-state index >= 15 is 0 Å². The molecule has 0 amide bonds. The quantitative estimate of drug-likeness (QED) is 0.448. The third kappa shape index (κ3) is 4.73. The lowest BCUT2D eigenvalue weighted by Gasteiger charge is -2.12. The highest BCUT2D eigenvalue weighted by atomic mass is 15.5. The maximum absolute atomic E-state index is 9.42. The summed E-state index contributed by atoms with van der Waals surface area (Å²) in [4.78, 5) is 8.85. The minimum Gasteiger partial charge on any atom is -0.365 e. The van der Waals surface area contributed by atoms with Crippen molar-refractivity contribution in [2.45, 2.75) is 32.7 Å². The van der Waals surface area contributed by atoms with E-state index in [1.807, 2.05) is 30.3 Å². The molecule has 2 N–H and O–H groups in total. The van der Waals surface area contributed by atoms with Gasteiger partial charge in [0.25, 0.3) is 0 Å². The van der Waals surface area contributed by atoms with Crippen LogP contribution in [-0.4, -0.2) is 30.6 Å². The zero-order chi connectivity index (χ0) is 21.5. The van der Waals surface area contributed by atoms with Crippen molar-refractivity contribution < 1.29 is 0 Å². The minimum absolute atomic E-state index is 0.431. The van der Waals surface area contributed by atoms with Crippen molar-refractivity contribution >= 4 is 5.82 Å². The van der Waals surface area contributed by atoms with E-state index in [1.165, 1.54) is 0 Å². The Kier molecular flexibility index (Phi) is 6.24. The van der Waals surface area contributed by atoms with Gasteiger partial charge in [-0.3, -0.25) is 0 Å². The molecule has 31 heavy (non-hydrogen) atoms. The number of nitrogens with zero attached hydrogens (tertiary/aromatic N) is 6. The molecule has 0 saturated heterocycles. The standard InChI is InChI=1S/C23H22N8/c1-2-3-9-21-25-15-18(13-24)22(27-21)26-14-16-10-11-19(17-7-5-4-6-8-17)20(12-16)23-28-30-31-29-23/h4-8,10-12,15H,2-3,9,14H2,1H3,(H,25,26,27)(H,28,29,30,31). The molecular formula is C23H22N8. The van der Waals surface area contributed by atoms with Crippen LogP contribution in [0.15, 0.2) is 54.7 Å². The molecule has 8 heteroatoms. The van der Waals surface area contributed by atoms with E-state index in [4.69, 9.17) is 0 Å². The van der Waals surface area contributed by atoms with Gasteiger partial charge < -0.3 is 5.32 Å². The lowest BCUT2D eigenvalue weighted by Crippen LogP contribution is -2.07. The first-order valence-corrected chi connectivity index (χ1v) is 10.2. The zero-order valence-corrected chi connectivity index (χ0v) is 17.2. The number of hydrogen-bond acceptors (Lipinski definition) is 7. The van der Waals surface area contributed by atoms with Crippen molar-refractivity contribution in [3.8, 4) is 28.6 Å². The lowest BCUT2D eigenvalue weighted by atomic mass is 9.97. The Hall–Kier alpha value is -4.12. The number of unbranched alkanes of at least 4 members (excludes halogenated alkanes) is 1. The highest BCUT2D eigenvalue weighted by Crippen LogP contribution is 2.31. The smallest absolute Gasteiger partial charge is 0.180 e. The van der Waals surface area contributed by atoms with Crippen LogP contribution in [0.5, 0.6) is 0 Å². The van der Waals surface area contributed by atoms with E-state index in [1.54, 1.807) is 6.20 Å². The van der Waals surface area contributed by atoms with Crippen LogP contribution in [0.25, 0.3) is 22.5 Å². The molecule has 0 bridgehead atoms. The fourth-order valence-electron chi connectivity index (χ4n) is 3.32. The highest BCUT2D eigenvalue weighted by Gasteiger charge is 2.13. The van der Waals surface area contributed by atoms with Crippen LogP contribution in [0.3, 0.4) is 0 Å². The molecule has 8 nitrogen and oxygen atoms in total. The molecule has 2 heterocycles. The number of rotatable bonds is 8. The highest BCUT2D eigenvalue weighted by molar-refractivity contribution is 5.80. The van der Waals surface area contributed by atoms with Gasteiger partial charge in [-0.05, 0) is 39.6 Å². The van der Waals surface area contributed by atoms with Gasteiger partial charge in [-0.15, -0.1) is 5.10 Å². The number of nitrogens with one attached hydrogen (secondary N) is 2. The monoisotopic (exact) mass is 410 g/mol. The van der Waals surface area contributed by atoms with Crippen molar-refractivity contribution in [3.05, 3.63) is 71.7 Å². The first kappa shape index (κ1) is 20.2.